The second kappa shape index (κ2) is 7.67. The van der Waals surface area contributed by atoms with Crippen LogP contribution in [-0.2, 0) is 4.79 Å². The first-order valence-corrected chi connectivity index (χ1v) is 8.14. The van der Waals surface area contributed by atoms with Crippen molar-refractivity contribution in [1.29, 1.82) is 0 Å². The molecule has 1 amide bonds. The van der Waals surface area contributed by atoms with Gasteiger partial charge in [-0.25, -0.2) is 4.39 Å². The predicted molar refractivity (Wildman–Crippen MR) is 96.0 cm³/mol. The fourth-order valence-electron chi connectivity index (χ4n) is 2.02. The zero-order chi connectivity index (χ0) is 17.6. The summed E-state index contributed by atoms with van der Waals surface area (Å²) < 4.78 is 22.2. The molecule has 3 aromatic rings. The highest BCUT2D eigenvalue weighted by atomic mass is 32.1. The summed E-state index contributed by atoms with van der Waals surface area (Å²) in [6.45, 7) is 0. The first-order valence-electron chi connectivity index (χ1n) is 7.37. The molecule has 0 saturated heterocycles. The third-order valence-electron chi connectivity index (χ3n) is 3.30. The van der Waals surface area contributed by atoms with Gasteiger partial charge >= 0.3 is 0 Å². The van der Waals surface area contributed by atoms with Gasteiger partial charge in [-0.15, -0.1) is 0 Å². The summed E-state index contributed by atoms with van der Waals surface area (Å²) in [6, 6.07) is 13.2. The largest absolute Gasteiger partial charge is 0.497 e. The summed E-state index contributed by atoms with van der Waals surface area (Å²) in [5.74, 6) is 0.632. The molecule has 0 aliphatic rings. The molecule has 0 radical (unpaired) electrons. The van der Waals surface area contributed by atoms with Gasteiger partial charge in [0.1, 0.15) is 11.6 Å². The second-order valence-electron chi connectivity index (χ2n) is 5.03. The molecular weight excluding hydrogens is 341 g/mol. The van der Waals surface area contributed by atoms with E-state index in [9.17, 15) is 9.18 Å². The maximum atomic E-state index is 12.8. The van der Waals surface area contributed by atoms with E-state index in [0.29, 0.717) is 11.0 Å². The van der Waals surface area contributed by atoms with Crippen LogP contribution in [-0.4, -0.2) is 22.4 Å². The highest BCUT2D eigenvalue weighted by molar-refractivity contribution is 7.10. The van der Waals surface area contributed by atoms with Gasteiger partial charge in [0.15, 0.2) is 5.82 Å². The lowest BCUT2D eigenvalue weighted by molar-refractivity contribution is -0.111. The molecule has 0 bridgehead atoms. The molecule has 1 aromatic heterocycles. The van der Waals surface area contributed by atoms with Crippen LogP contribution in [0.1, 0.15) is 5.56 Å². The van der Waals surface area contributed by atoms with E-state index in [1.807, 2.05) is 24.3 Å². The average Bonchev–Trinajstić information content (AvgIpc) is 3.10. The molecule has 0 spiro atoms. The SMILES string of the molecule is COc1ccc(-c2nsc(NC(=O)C=Cc3ccc(F)cc3)n2)cc1. The summed E-state index contributed by atoms with van der Waals surface area (Å²) in [5, 5.41) is 3.06. The molecule has 2 aromatic carbocycles. The maximum absolute atomic E-state index is 12.8. The monoisotopic (exact) mass is 355 g/mol. The van der Waals surface area contributed by atoms with Crippen LogP contribution in [0, 0.1) is 5.82 Å². The summed E-state index contributed by atoms with van der Waals surface area (Å²) >= 11 is 1.10. The van der Waals surface area contributed by atoms with Crippen LogP contribution >= 0.6 is 11.5 Å². The molecule has 5 nitrogen and oxygen atoms in total. The second-order valence-corrected chi connectivity index (χ2v) is 5.78. The number of hydrogen-bond acceptors (Lipinski definition) is 5. The third-order valence-corrected chi connectivity index (χ3v) is 3.93. The van der Waals surface area contributed by atoms with Gasteiger partial charge in [-0.05, 0) is 48.0 Å². The number of aromatic nitrogens is 2. The Morgan fingerprint density at radius 2 is 1.88 bits per heavy atom. The minimum absolute atomic E-state index is 0.318. The molecule has 0 aliphatic carbocycles. The number of methoxy groups -OCH3 is 1. The lowest BCUT2D eigenvalue weighted by Crippen LogP contribution is -2.07. The van der Waals surface area contributed by atoms with Crippen LogP contribution in [0.3, 0.4) is 0 Å². The Morgan fingerprint density at radius 1 is 1.16 bits per heavy atom. The van der Waals surface area contributed by atoms with Crippen LogP contribution in [0.2, 0.25) is 0 Å². The summed E-state index contributed by atoms with van der Waals surface area (Å²) in [4.78, 5) is 16.2. The summed E-state index contributed by atoms with van der Waals surface area (Å²) in [5.41, 5.74) is 1.56. The fourth-order valence-corrected chi connectivity index (χ4v) is 2.62. The summed E-state index contributed by atoms with van der Waals surface area (Å²) in [6.07, 6.45) is 2.96. The third kappa shape index (κ3) is 4.48. The van der Waals surface area contributed by atoms with Crippen molar-refractivity contribution in [2.24, 2.45) is 0 Å². The molecule has 0 unspecified atom stereocenters. The Bertz CT molecular complexity index is 889. The molecule has 0 atom stereocenters. The number of carbonyl (C=O) groups is 1. The van der Waals surface area contributed by atoms with Crippen molar-refractivity contribution in [3.05, 3.63) is 66.0 Å². The van der Waals surface area contributed by atoms with E-state index >= 15 is 0 Å². The topological polar surface area (TPSA) is 64.1 Å². The smallest absolute Gasteiger partial charge is 0.250 e. The van der Waals surface area contributed by atoms with E-state index in [1.54, 1.807) is 25.3 Å². The van der Waals surface area contributed by atoms with Crippen LogP contribution < -0.4 is 10.1 Å². The van der Waals surface area contributed by atoms with Crippen LogP contribution in [0.25, 0.3) is 17.5 Å². The van der Waals surface area contributed by atoms with Gasteiger partial charge < -0.3 is 4.74 Å². The molecular formula is C18H14FN3O2S. The van der Waals surface area contributed by atoms with Crippen molar-refractivity contribution in [1.82, 2.24) is 9.36 Å². The zero-order valence-corrected chi connectivity index (χ0v) is 14.1. The molecule has 0 fully saturated rings. The molecule has 25 heavy (non-hydrogen) atoms. The van der Waals surface area contributed by atoms with E-state index in [2.05, 4.69) is 14.7 Å². The van der Waals surface area contributed by atoms with Gasteiger partial charge in [0.05, 0.1) is 7.11 Å². The first-order chi connectivity index (χ1) is 12.1. The lowest BCUT2D eigenvalue weighted by Gasteiger charge is -1.99. The Hall–Kier alpha value is -3.06. The highest BCUT2D eigenvalue weighted by Crippen LogP contribution is 2.23. The number of ether oxygens (including phenoxy) is 1. The number of rotatable bonds is 5. The molecule has 126 valence electrons. The standard InChI is InChI=1S/C18H14FN3O2S/c1-24-15-9-5-13(6-10-15)17-21-18(25-22-17)20-16(23)11-4-12-2-7-14(19)8-3-12/h2-11H,1H3,(H,20,21,22,23). The fraction of sp³-hybridized carbons (Fsp3) is 0.0556. The van der Waals surface area contributed by atoms with Gasteiger partial charge in [-0.2, -0.15) is 9.36 Å². The number of amides is 1. The first kappa shape index (κ1) is 16.8. The Balaban J connectivity index is 1.64. The van der Waals surface area contributed by atoms with Crippen molar-refractivity contribution in [2.45, 2.75) is 0 Å². The predicted octanol–water partition coefficient (Wildman–Crippen LogP) is 4.00. The van der Waals surface area contributed by atoms with Gasteiger partial charge in [0, 0.05) is 23.2 Å². The molecule has 7 heteroatoms. The minimum atomic E-state index is -0.332. The highest BCUT2D eigenvalue weighted by Gasteiger charge is 2.08. The van der Waals surface area contributed by atoms with E-state index in [4.69, 9.17) is 4.74 Å². The number of halogens is 1. The van der Waals surface area contributed by atoms with Crippen LogP contribution in [0.4, 0.5) is 9.52 Å². The molecule has 0 saturated carbocycles. The van der Waals surface area contributed by atoms with Crippen molar-refractivity contribution >= 4 is 28.6 Å². The molecule has 3 rings (SSSR count). The van der Waals surface area contributed by atoms with Crippen molar-refractivity contribution < 1.29 is 13.9 Å². The normalized spacial score (nSPS) is 10.8. The number of nitrogens with zero attached hydrogens (tertiary/aromatic N) is 2. The van der Waals surface area contributed by atoms with Crippen molar-refractivity contribution in [3.63, 3.8) is 0 Å². The van der Waals surface area contributed by atoms with E-state index < -0.39 is 0 Å². The number of hydrogen-bond donors (Lipinski definition) is 1. The molecule has 1 heterocycles. The lowest BCUT2D eigenvalue weighted by atomic mass is 10.2. The average molecular weight is 355 g/mol. The quantitative estimate of drug-likeness (QED) is 0.703. The van der Waals surface area contributed by atoms with Crippen molar-refractivity contribution in [2.75, 3.05) is 12.4 Å². The van der Waals surface area contributed by atoms with Crippen molar-refractivity contribution in [3.8, 4) is 17.1 Å². The number of benzene rings is 2. The van der Waals surface area contributed by atoms with E-state index in [0.717, 1.165) is 28.4 Å². The number of carbonyl (C=O) groups excluding carboxylic acids is 1. The number of anilines is 1. The Morgan fingerprint density at radius 3 is 2.56 bits per heavy atom. The maximum Gasteiger partial charge on any atom is 0.250 e. The molecule has 0 aliphatic heterocycles. The Kier molecular flexibility index (Phi) is 5.15. The zero-order valence-electron chi connectivity index (χ0n) is 13.3. The van der Waals surface area contributed by atoms with Gasteiger partial charge in [0.25, 0.3) is 0 Å². The molecule has 1 N–H and O–H groups in total. The van der Waals surface area contributed by atoms with Crippen LogP contribution in [0.15, 0.2) is 54.6 Å². The Labute approximate surface area is 148 Å². The van der Waals surface area contributed by atoms with E-state index in [-0.39, 0.29) is 11.7 Å². The minimum Gasteiger partial charge on any atom is -0.497 e. The number of nitrogens with one attached hydrogen (secondary N) is 1. The van der Waals surface area contributed by atoms with Gasteiger partial charge in [-0.3, -0.25) is 10.1 Å². The van der Waals surface area contributed by atoms with Gasteiger partial charge in [0.2, 0.25) is 11.0 Å². The summed E-state index contributed by atoms with van der Waals surface area (Å²) in [7, 11) is 1.60. The van der Waals surface area contributed by atoms with Gasteiger partial charge in [-0.1, -0.05) is 12.1 Å². The van der Waals surface area contributed by atoms with E-state index in [1.165, 1.54) is 18.2 Å². The van der Waals surface area contributed by atoms with Crippen LogP contribution in [0.5, 0.6) is 5.75 Å².